The average molecular weight is 353 g/mol. The number of rotatable bonds is 5. The maximum absolute atomic E-state index is 12.8. The summed E-state index contributed by atoms with van der Waals surface area (Å²) in [6.45, 7) is 3.95. The van der Waals surface area contributed by atoms with Crippen LogP contribution in [-0.4, -0.2) is 29.8 Å². The van der Waals surface area contributed by atoms with Crippen LogP contribution in [0.1, 0.15) is 35.9 Å². The van der Waals surface area contributed by atoms with Crippen LogP contribution in [0, 0.1) is 0 Å². The fraction of sp³-hybridized carbons (Fsp3) is 0.333. The topological polar surface area (TPSA) is 53.3 Å². The van der Waals surface area contributed by atoms with Crippen LogP contribution in [0.15, 0.2) is 28.9 Å². The van der Waals surface area contributed by atoms with Gasteiger partial charge in [-0.25, -0.2) is 0 Å². The van der Waals surface area contributed by atoms with E-state index >= 15 is 0 Å². The average Bonchev–Trinajstić information content (AvgIpc) is 2.87. The standard InChI is InChI=1S/C15H17BrN2O3/c1-9(2)18-14(12(16)8-17-18)15(19)11-6-5-10(20-3)7-13(11)21-4/h5-9H,1-4H3. The summed E-state index contributed by atoms with van der Waals surface area (Å²) in [5.74, 6) is 0.968. The highest BCUT2D eigenvalue weighted by molar-refractivity contribution is 9.10. The molecule has 0 saturated heterocycles. The molecule has 0 saturated carbocycles. The predicted octanol–water partition coefficient (Wildman–Crippen LogP) is 3.47. The first-order chi connectivity index (χ1) is 9.99. The summed E-state index contributed by atoms with van der Waals surface area (Å²) >= 11 is 3.39. The smallest absolute Gasteiger partial charge is 0.215 e. The number of methoxy groups -OCH3 is 2. The van der Waals surface area contributed by atoms with Crippen LogP contribution in [0.4, 0.5) is 0 Å². The van der Waals surface area contributed by atoms with Gasteiger partial charge in [-0.1, -0.05) is 0 Å². The number of nitrogens with zero attached hydrogens (tertiary/aromatic N) is 2. The molecule has 21 heavy (non-hydrogen) atoms. The third kappa shape index (κ3) is 2.95. The molecule has 5 nitrogen and oxygen atoms in total. The van der Waals surface area contributed by atoms with E-state index in [1.807, 2.05) is 13.8 Å². The zero-order chi connectivity index (χ0) is 15.6. The van der Waals surface area contributed by atoms with Crippen LogP contribution in [-0.2, 0) is 0 Å². The van der Waals surface area contributed by atoms with Gasteiger partial charge in [0.2, 0.25) is 5.78 Å². The molecular weight excluding hydrogens is 336 g/mol. The van der Waals surface area contributed by atoms with Crippen molar-refractivity contribution < 1.29 is 14.3 Å². The number of halogens is 1. The summed E-state index contributed by atoms with van der Waals surface area (Å²) in [5.41, 5.74) is 0.981. The largest absolute Gasteiger partial charge is 0.497 e. The molecule has 0 unspecified atom stereocenters. The van der Waals surface area contributed by atoms with E-state index in [1.165, 1.54) is 7.11 Å². The Kier molecular flexibility index (Phi) is 4.67. The van der Waals surface area contributed by atoms with Crippen LogP contribution in [0.2, 0.25) is 0 Å². The molecule has 0 aliphatic rings. The van der Waals surface area contributed by atoms with Crippen LogP contribution in [0.5, 0.6) is 11.5 Å². The minimum Gasteiger partial charge on any atom is -0.497 e. The maximum atomic E-state index is 12.8. The van der Waals surface area contributed by atoms with Crippen LogP contribution < -0.4 is 9.47 Å². The third-order valence-electron chi connectivity index (χ3n) is 3.11. The molecule has 0 spiro atoms. The molecule has 0 radical (unpaired) electrons. The second-order valence-electron chi connectivity index (χ2n) is 4.77. The molecule has 0 bridgehead atoms. The molecule has 0 aliphatic carbocycles. The van der Waals surface area contributed by atoms with Gasteiger partial charge in [-0.2, -0.15) is 5.10 Å². The van der Waals surface area contributed by atoms with Gasteiger partial charge in [-0.15, -0.1) is 0 Å². The Morgan fingerprint density at radius 3 is 2.57 bits per heavy atom. The molecule has 1 aromatic heterocycles. The number of hydrogen-bond acceptors (Lipinski definition) is 4. The van der Waals surface area contributed by atoms with E-state index in [9.17, 15) is 4.79 Å². The van der Waals surface area contributed by atoms with Gasteiger partial charge in [0.25, 0.3) is 0 Å². The predicted molar refractivity (Wildman–Crippen MR) is 83.3 cm³/mol. The molecule has 0 fully saturated rings. The fourth-order valence-corrected chi connectivity index (χ4v) is 2.51. The van der Waals surface area contributed by atoms with Crippen molar-refractivity contribution in [1.82, 2.24) is 9.78 Å². The highest BCUT2D eigenvalue weighted by Crippen LogP contribution is 2.29. The molecule has 6 heteroatoms. The SMILES string of the molecule is COc1ccc(C(=O)c2c(Br)cnn2C(C)C)c(OC)c1. The minimum absolute atomic E-state index is 0.0829. The molecule has 0 N–H and O–H groups in total. The Bertz CT molecular complexity index is 665. The van der Waals surface area contributed by atoms with Crippen molar-refractivity contribution >= 4 is 21.7 Å². The summed E-state index contributed by atoms with van der Waals surface area (Å²) in [5, 5.41) is 4.23. The number of carbonyl (C=O) groups excluding carboxylic acids is 1. The zero-order valence-electron chi connectivity index (χ0n) is 12.4. The monoisotopic (exact) mass is 352 g/mol. The van der Waals surface area contributed by atoms with Crippen LogP contribution in [0.3, 0.4) is 0 Å². The molecule has 0 aliphatic heterocycles. The minimum atomic E-state index is -0.146. The van der Waals surface area contributed by atoms with Crippen molar-refractivity contribution in [2.24, 2.45) is 0 Å². The lowest BCUT2D eigenvalue weighted by Gasteiger charge is -2.13. The highest BCUT2D eigenvalue weighted by Gasteiger charge is 2.23. The van der Waals surface area contributed by atoms with Crippen molar-refractivity contribution in [3.05, 3.63) is 40.1 Å². The molecule has 0 atom stereocenters. The van der Waals surface area contributed by atoms with Gasteiger partial charge in [-0.05, 0) is 41.9 Å². The van der Waals surface area contributed by atoms with Gasteiger partial charge in [0.15, 0.2) is 0 Å². The van der Waals surface area contributed by atoms with E-state index in [4.69, 9.17) is 9.47 Å². The van der Waals surface area contributed by atoms with Gasteiger partial charge in [0, 0.05) is 12.1 Å². The van der Waals surface area contributed by atoms with E-state index in [1.54, 1.807) is 36.2 Å². The highest BCUT2D eigenvalue weighted by atomic mass is 79.9. The molecule has 1 heterocycles. The van der Waals surface area contributed by atoms with Crippen molar-refractivity contribution in [1.29, 1.82) is 0 Å². The second kappa shape index (κ2) is 6.30. The van der Waals surface area contributed by atoms with E-state index in [0.29, 0.717) is 27.2 Å². The van der Waals surface area contributed by atoms with Crippen LogP contribution in [0.25, 0.3) is 0 Å². The van der Waals surface area contributed by atoms with Crippen molar-refractivity contribution in [2.45, 2.75) is 19.9 Å². The molecule has 2 rings (SSSR count). The van der Waals surface area contributed by atoms with Crippen molar-refractivity contribution in [3.8, 4) is 11.5 Å². The maximum Gasteiger partial charge on any atom is 0.215 e. The van der Waals surface area contributed by atoms with Gasteiger partial charge in [-0.3, -0.25) is 9.48 Å². The lowest BCUT2D eigenvalue weighted by molar-refractivity contribution is 0.102. The Balaban J connectivity index is 2.52. The number of aromatic nitrogens is 2. The fourth-order valence-electron chi connectivity index (χ4n) is 2.06. The Morgan fingerprint density at radius 2 is 2.00 bits per heavy atom. The van der Waals surface area contributed by atoms with Crippen molar-refractivity contribution in [2.75, 3.05) is 14.2 Å². The van der Waals surface area contributed by atoms with Crippen LogP contribution >= 0.6 is 15.9 Å². The number of hydrogen-bond donors (Lipinski definition) is 0. The Labute approximate surface area is 132 Å². The summed E-state index contributed by atoms with van der Waals surface area (Å²) < 4.78 is 12.8. The first kappa shape index (κ1) is 15.6. The first-order valence-electron chi connectivity index (χ1n) is 6.49. The Morgan fingerprint density at radius 1 is 1.29 bits per heavy atom. The quantitative estimate of drug-likeness (QED) is 0.773. The van der Waals surface area contributed by atoms with Gasteiger partial charge >= 0.3 is 0 Å². The number of benzene rings is 1. The van der Waals surface area contributed by atoms with Gasteiger partial charge in [0.05, 0.1) is 30.5 Å². The number of ketones is 1. The second-order valence-corrected chi connectivity index (χ2v) is 5.63. The summed E-state index contributed by atoms with van der Waals surface area (Å²) in [4.78, 5) is 12.8. The number of ether oxygens (including phenoxy) is 2. The molecular formula is C15H17BrN2O3. The van der Waals surface area contributed by atoms with Gasteiger partial charge in [0.1, 0.15) is 17.2 Å². The van der Waals surface area contributed by atoms with E-state index in [0.717, 1.165) is 0 Å². The molecule has 2 aromatic rings. The molecule has 1 aromatic carbocycles. The summed E-state index contributed by atoms with van der Waals surface area (Å²) in [6.07, 6.45) is 1.63. The zero-order valence-corrected chi connectivity index (χ0v) is 14.0. The molecule has 0 amide bonds. The van der Waals surface area contributed by atoms with Gasteiger partial charge < -0.3 is 9.47 Å². The summed E-state index contributed by atoms with van der Waals surface area (Å²) in [6, 6.07) is 5.21. The third-order valence-corrected chi connectivity index (χ3v) is 3.69. The number of carbonyl (C=O) groups is 1. The lowest BCUT2D eigenvalue weighted by atomic mass is 10.1. The first-order valence-corrected chi connectivity index (χ1v) is 7.28. The lowest BCUT2D eigenvalue weighted by Crippen LogP contribution is -2.14. The molecule has 112 valence electrons. The summed E-state index contributed by atoms with van der Waals surface area (Å²) in [7, 11) is 3.10. The van der Waals surface area contributed by atoms with E-state index < -0.39 is 0 Å². The van der Waals surface area contributed by atoms with E-state index in [2.05, 4.69) is 21.0 Å². The normalized spacial score (nSPS) is 10.8. The Hall–Kier alpha value is -1.82. The van der Waals surface area contributed by atoms with E-state index in [-0.39, 0.29) is 11.8 Å². The van der Waals surface area contributed by atoms with Crippen molar-refractivity contribution in [3.63, 3.8) is 0 Å².